The number of hydrogen-bond donors (Lipinski definition) is 1. The van der Waals surface area contributed by atoms with Gasteiger partial charge in [0.1, 0.15) is 5.82 Å². The molecule has 0 radical (unpaired) electrons. The van der Waals surface area contributed by atoms with Crippen LogP contribution in [-0.4, -0.2) is 14.8 Å². The highest BCUT2D eigenvalue weighted by molar-refractivity contribution is 7.71. The summed E-state index contributed by atoms with van der Waals surface area (Å²) in [6.45, 7) is 2.21. The second kappa shape index (κ2) is 4.92. The molecule has 2 rings (SSSR count). The van der Waals surface area contributed by atoms with Gasteiger partial charge in [-0.1, -0.05) is 26.2 Å². The molecule has 1 saturated carbocycles. The number of nitrogens with zero attached hydrogens (tertiary/aromatic N) is 2. The summed E-state index contributed by atoms with van der Waals surface area (Å²) in [5.74, 6) is 1.16. The Kier molecular flexibility index (Phi) is 3.57. The van der Waals surface area contributed by atoms with Crippen LogP contribution in [0.4, 0.5) is 0 Å². The maximum atomic E-state index is 5.30. The number of nitrogens with one attached hydrogen (secondary N) is 1. The van der Waals surface area contributed by atoms with Crippen LogP contribution in [0.3, 0.4) is 0 Å². The van der Waals surface area contributed by atoms with E-state index in [4.69, 9.17) is 12.2 Å². The van der Waals surface area contributed by atoms with E-state index in [1.54, 1.807) is 0 Å². The van der Waals surface area contributed by atoms with Crippen molar-refractivity contribution in [1.82, 2.24) is 14.8 Å². The van der Waals surface area contributed by atoms with Gasteiger partial charge >= 0.3 is 0 Å². The Morgan fingerprint density at radius 1 is 1.47 bits per heavy atom. The summed E-state index contributed by atoms with van der Waals surface area (Å²) in [7, 11) is 0. The van der Waals surface area contributed by atoms with Gasteiger partial charge in [-0.05, 0) is 31.5 Å². The molecule has 0 amide bonds. The van der Waals surface area contributed by atoms with Gasteiger partial charge in [0.25, 0.3) is 0 Å². The number of hydrogen-bond acceptors (Lipinski definition) is 2. The molecule has 0 spiro atoms. The first-order valence-corrected chi connectivity index (χ1v) is 6.39. The second-order valence-electron chi connectivity index (χ2n) is 4.36. The van der Waals surface area contributed by atoms with Crippen molar-refractivity contribution in [1.29, 1.82) is 0 Å². The predicted octanol–water partition coefficient (Wildman–Crippen LogP) is 3.40. The normalized spacial score (nSPS) is 17.4. The average molecular weight is 225 g/mol. The summed E-state index contributed by atoms with van der Waals surface area (Å²) in [5.41, 5.74) is 0. The van der Waals surface area contributed by atoms with Crippen molar-refractivity contribution in [2.24, 2.45) is 0 Å². The van der Waals surface area contributed by atoms with Crippen LogP contribution in [0, 0.1) is 4.77 Å². The van der Waals surface area contributed by atoms with Gasteiger partial charge in [0.2, 0.25) is 0 Å². The molecule has 0 atom stereocenters. The van der Waals surface area contributed by atoms with E-state index in [2.05, 4.69) is 21.7 Å². The van der Waals surface area contributed by atoms with Crippen LogP contribution in [0.5, 0.6) is 0 Å². The summed E-state index contributed by atoms with van der Waals surface area (Å²) < 4.78 is 3.07. The van der Waals surface area contributed by atoms with Crippen molar-refractivity contribution in [3.63, 3.8) is 0 Å². The van der Waals surface area contributed by atoms with E-state index >= 15 is 0 Å². The minimum atomic E-state index is 0.614. The fourth-order valence-corrected chi connectivity index (χ4v) is 2.69. The van der Waals surface area contributed by atoms with Crippen molar-refractivity contribution in [2.45, 2.75) is 57.9 Å². The van der Waals surface area contributed by atoms with Gasteiger partial charge in [-0.3, -0.25) is 5.10 Å². The summed E-state index contributed by atoms with van der Waals surface area (Å²) >= 11 is 5.30. The van der Waals surface area contributed by atoms with Crippen LogP contribution in [0.2, 0.25) is 0 Å². The lowest BCUT2D eigenvalue weighted by atomic mass is 10.2. The van der Waals surface area contributed by atoms with E-state index < -0.39 is 0 Å². The van der Waals surface area contributed by atoms with Crippen LogP contribution in [0.15, 0.2) is 0 Å². The zero-order chi connectivity index (χ0) is 10.7. The standard InChI is InChI=1S/C11H19N3S/c1-2-3-8-10-12-13-11(15)14(10)9-6-4-5-7-9/h9H,2-8H2,1H3,(H,13,15). The Labute approximate surface area is 95.9 Å². The maximum absolute atomic E-state index is 5.30. The summed E-state index contributed by atoms with van der Waals surface area (Å²) in [4.78, 5) is 0. The Hall–Kier alpha value is -0.640. The molecule has 1 aliphatic carbocycles. The van der Waals surface area contributed by atoms with Gasteiger partial charge < -0.3 is 4.57 Å². The molecular weight excluding hydrogens is 206 g/mol. The van der Waals surface area contributed by atoms with Crippen molar-refractivity contribution >= 4 is 12.2 Å². The molecule has 1 N–H and O–H groups in total. The van der Waals surface area contributed by atoms with Gasteiger partial charge in [0, 0.05) is 12.5 Å². The van der Waals surface area contributed by atoms with Gasteiger partial charge in [-0.25, -0.2) is 0 Å². The Balaban J connectivity index is 2.19. The third kappa shape index (κ3) is 2.30. The zero-order valence-electron chi connectivity index (χ0n) is 9.33. The first kappa shape index (κ1) is 10.9. The molecule has 0 aliphatic heterocycles. The first-order valence-electron chi connectivity index (χ1n) is 5.98. The third-order valence-electron chi connectivity index (χ3n) is 3.22. The predicted molar refractivity (Wildman–Crippen MR) is 63.5 cm³/mol. The van der Waals surface area contributed by atoms with E-state index in [0.717, 1.165) is 17.0 Å². The largest absolute Gasteiger partial charge is 0.301 e. The summed E-state index contributed by atoms with van der Waals surface area (Å²) in [6, 6.07) is 0.614. The van der Waals surface area contributed by atoms with E-state index in [9.17, 15) is 0 Å². The van der Waals surface area contributed by atoms with Crippen LogP contribution in [-0.2, 0) is 6.42 Å². The van der Waals surface area contributed by atoms with Gasteiger partial charge in [-0.2, -0.15) is 5.10 Å². The molecular formula is C11H19N3S. The van der Waals surface area contributed by atoms with Gasteiger partial charge in [0.15, 0.2) is 4.77 Å². The molecule has 15 heavy (non-hydrogen) atoms. The highest BCUT2D eigenvalue weighted by atomic mass is 32.1. The van der Waals surface area contributed by atoms with Crippen molar-refractivity contribution in [3.8, 4) is 0 Å². The fourth-order valence-electron chi connectivity index (χ4n) is 2.39. The van der Waals surface area contributed by atoms with Crippen LogP contribution < -0.4 is 0 Å². The minimum absolute atomic E-state index is 0.614. The number of H-pyrrole nitrogens is 1. The van der Waals surface area contributed by atoms with Gasteiger partial charge in [-0.15, -0.1) is 0 Å². The Morgan fingerprint density at radius 3 is 2.87 bits per heavy atom. The van der Waals surface area contributed by atoms with Crippen LogP contribution >= 0.6 is 12.2 Å². The first-order chi connectivity index (χ1) is 7.33. The maximum Gasteiger partial charge on any atom is 0.195 e. The Morgan fingerprint density at radius 2 is 2.20 bits per heavy atom. The van der Waals surface area contributed by atoms with E-state index in [1.807, 2.05) is 0 Å². The van der Waals surface area contributed by atoms with E-state index in [0.29, 0.717) is 6.04 Å². The molecule has 1 aliphatic rings. The highest BCUT2D eigenvalue weighted by Crippen LogP contribution is 2.30. The van der Waals surface area contributed by atoms with E-state index in [1.165, 1.54) is 38.5 Å². The number of aryl methyl sites for hydroxylation is 1. The number of aromatic nitrogens is 3. The van der Waals surface area contributed by atoms with E-state index in [-0.39, 0.29) is 0 Å². The fraction of sp³-hybridized carbons (Fsp3) is 0.818. The monoisotopic (exact) mass is 225 g/mol. The molecule has 1 aromatic heterocycles. The van der Waals surface area contributed by atoms with Crippen LogP contribution in [0.1, 0.15) is 57.3 Å². The molecule has 0 bridgehead atoms. The summed E-state index contributed by atoms with van der Waals surface area (Å²) in [5, 5.41) is 7.28. The molecule has 1 aromatic rings. The lowest BCUT2D eigenvalue weighted by molar-refractivity contribution is 0.487. The van der Waals surface area contributed by atoms with Crippen molar-refractivity contribution in [3.05, 3.63) is 10.6 Å². The van der Waals surface area contributed by atoms with Gasteiger partial charge in [0.05, 0.1) is 0 Å². The number of unbranched alkanes of at least 4 members (excludes halogenated alkanes) is 1. The summed E-state index contributed by atoms with van der Waals surface area (Å²) in [6.07, 6.45) is 8.69. The quantitative estimate of drug-likeness (QED) is 0.797. The molecule has 3 nitrogen and oxygen atoms in total. The molecule has 84 valence electrons. The molecule has 1 heterocycles. The SMILES string of the molecule is CCCCc1n[nH]c(=S)n1C1CCCC1. The highest BCUT2D eigenvalue weighted by Gasteiger charge is 2.20. The zero-order valence-corrected chi connectivity index (χ0v) is 10.1. The van der Waals surface area contributed by atoms with Crippen molar-refractivity contribution in [2.75, 3.05) is 0 Å². The molecule has 4 heteroatoms. The number of aromatic amines is 1. The molecule has 1 fully saturated rings. The molecule has 0 unspecified atom stereocenters. The lowest BCUT2D eigenvalue weighted by Gasteiger charge is -2.13. The Bertz CT molecular complexity index is 360. The van der Waals surface area contributed by atoms with Crippen molar-refractivity contribution < 1.29 is 0 Å². The smallest absolute Gasteiger partial charge is 0.195 e. The number of rotatable bonds is 4. The average Bonchev–Trinajstić information content (AvgIpc) is 2.84. The molecule has 0 aromatic carbocycles. The topological polar surface area (TPSA) is 33.6 Å². The molecule has 0 saturated heterocycles. The third-order valence-corrected chi connectivity index (χ3v) is 3.51. The minimum Gasteiger partial charge on any atom is -0.301 e. The van der Waals surface area contributed by atoms with Crippen LogP contribution in [0.25, 0.3) is 0 Å². The lowest BCUT2D eigenvalue weighted by Crippen LogP contribution is -2.09. The second-order valence-corrected chi connectivity index (χ2v) is 4.74.